The first-order chi connectivity index (χ1) is 9.41. The molecule has 0 aliphatic heterocycles. The Balaban J connectivity index is 2.18. The number of hydrogen-bond donors (Lipinski definition) is 2. The first kappa shape index (κ1) is 15.5. The zero-order valence-corrected chi connectivity index (χ0v) is 13.6. The molecule has 1 aliphatic carbocycles. The van der Waals surface area contributed by atoms with Gasteiger partial charge < -0.3 is 11.1 Å². The van der Waals surface area contributed by atoms with Crippen LogP contribution in [0.1, 0.15) is 25.7 Å². The topological polar surface area (TPSA) is 72.2 Å². The summed E-state index contributed by atoms with van der Waals surface area (Å²) in [6.07, 6.45) is 8.01. The maximum atomic E-state index is 11.7. The molecule has 4 nitrogen and oxygen atoms in total. The fraction of sp³-hybridized carbons (Fsp3) is 0.571. The van der Waals surface area contributed by atoms with Crippen molar-refractivity contribution in [1.82, 2.24) is 0 Å². The van der Waals surface area contributed by atoms with E-state index in [9.17, 15) is 8.42 Å². The van der Waals surface area contributed by atoms with Crippen LogP contribution in [0.4, 0.5) is 11.4 Å². The van der Waals surface area contributed by atoms with Crippen molar-refractivity contribution in [1.29, 1.82) is 0 Å². The number of benzene rings is 1. The lowest BCUT2D eigenvalue weighted by Gasteiger charge is -2.30. The Morgan fingerprint density at radius 2 is 2.10 bits per heavy atom. The summed E-state index contributed by atoms with van der Waals surface area (Å²) in [4.78, 5) is 0.208. The normalized spacial score (nSPS) is 23.5. The van der Waals surface area contributed by atoms with Crippen LogP contribution in [0.3, 0.4) is 0 Å². The van der Waals surface area contributed by atoms with Gasteiger partial charge in [0.15, 0.2) is 9.84 Å². The van der Waals surface area contributed by atoms with Crippen LogP contribution in [-0.4, -0.2) is 32.2 Å². The van der Waals surface area contributed by atoms with Crippen molar-refractivity contribution in [2.75, 3.05) is 23.6 Å². The number of hydrogen-bond acceptors (Lipinski definition) is 5. The minimum Gasteiger partial charge on any atom is -0.396 e. The van der Waals surface area contributed by atoms with E-state index in [2.05, 4.69) is 11.6 Å². The zero-order chi connectivity index (χ0) is 14.8. The van der Waals surface area contributed by atoms with Crippen molar-refractivity contribution < 1.29 is 8.42 Å². The van der Waals surface area contributed by atoms with Gasteiger partial charge in [-0.3, -0.25) is 0 Å². The van der Waals surface area contributed by atoms with Crippen LogP contribution >= 0.6 is 11.8 Å². The number of thioether (sulfide) groups is 1. The SMILES string of the molecule is CSC1CCCC(Nc2cccc(S(C)(=O)=O)c2N)C1. The van der Waals surface area contributed by atoms with Crippen LogP contribution < -0.4 is 11.1 Å². The molecule has 0 aromatic heterocycles. The van der Waals surface area contributed by atoms with Crippen LogP contribution in [0, 0.1) is 0 Å². The van der Waals surface area contributed by atoms with Gasteiger partial charge in [0.1, 0.15) is 0 Å². The lowest BCUT2D eigenvalue weighted by atomic mass is 9.94. The summed E-state index contributed by atoms with van der Waals surface area (Å²) >= 11 is 1.90. The molecule has 0 radical (unpaired) electrons. The highest BCUT2D eigenvalue weighted by Crippen LogP contribution is 2.32. The Bertz CT molecular complexity index is 573. The summed E-state index contributed by atoms with van der Waals surface area (Å²) in [5.74, 6) is 0. The van der Waals surface area contributed by atoms with Gasteiger partial charge in [-0.2, -0.15) is 11.8 Å². The number of para-hydroxylation sites is 1. The molecule has 1 aromatic carbocycles. The molecule has 2 rings (SSSR count). The molecule has 6 heteroatoms. The molecular formula is C14H22N2O2S2. The second-order valence-corrected chi connectivity index (χ2v) is 8.48. The van der Waals surface area contributed by atoms with Gasteiger partial charge in [0.25, 0.3) is 0 Å². The van der Waals surface area contributed by atoms with Crippen molar-refractivity contribution in [3.05, 3.63) is 18.2 Å². The number of nitrogens with one attached hydrogen (secondary N) is 1. The summed E-state index contributed by atoms with van der Waals surface area (Å²) in [7, 11) is -3.28. The van der Waals surface area contributed by atoms with Crippen LogP contribution in [0.5, 0.6) is 0 Å². The largest absolute Gasteiger partial charge is 0.396 e. The van der Waals surface area contributed by atoms with E-state index in [1.54, 1.807) is 12.1 Å². The molecule has 1 aromatic rings. The molecule has 3 N–H and O–H groups in total. The average molecular weight is 314 g/mol. The number of anilines is 2. The molecule has 1 fully saturated rings. The van der Waals surface area contributed by atoms with E-state index in [1.165, 1.54) is 19.1 Å². The number of sulfone groups is 1. The van der Waals surface area contributed by atoms with E-state index in [4.69, 9.17) is 5.73 Å². The summed E-state index contributed by atoms with van der Waals surface area (Å²) in [6, 6.07) is 5.52. The van der Waals surface area contributed by atoms with E-state index in [0.29, 0.717) is 17.0 Å². The van der Waals surface area contributed by atoms with Crippen LogP contribution in [0.25, 0.3) is 0 Å². The average Bonchev–Trinajstić information content (AvgIpc) is 2.40. The Morgan fingerprint density at radius 3 is 2.75 bits per heavy atom. The highest BCUT2D eigenvalue weighted by atomic mass is 32.2. The highest BCUT2D eigenvalue weighted by molar-refractivity contribution is 7.99. The predicted molar refractivity (Wildman–Crippen MR) is 87.1 cm³/mol. The van der Waals surface area contributed by atoms with Gasteiger partial charge in [-0.05, 0) is 37.7 Å². The molecule has 20 heavy (non-hydrogen) atoms. The second kappa shape index (κ2) is 6.26. The first-order valence-corrected chi connectivity index (χ1v) is 9.97. The monoisotopic (exact) mass is 314 g/mol. The van der Waals surface area contributed by atoms with E-state index in [1.807, 2.05) is 17.8 Å². The van der Waals surface area contributed by atoms with Gasteiger partial charge in [0, 0.05) is 17.5 Å². The minimum absolute atomic E-state index is 0.208. The lowest BCUT2D eigenvalue weighted by molar-refractivity contribution is 0.474. The minimum atomic E-state index is -3.28. The molecule has 0 heterocycles. The smallest absolute Gasteiger partial charge is 0.177 e. The number of rotatable bonds is 4. The second-order valence-electron chi connectivity index (χ2n) is 5.36. The van der Waals surface area contributed by atoms with Crippen LogP contribution in [0.2, 0.25) is 0 Å². The number of nitrogens with two attached hydrogens (primary N) is 1. The molecule has 0 amide bonds. The third-order valence-electron chi connectivity index (χ3n) is 3.78. The van der Waals surface area contributed by atoms with E-state index >= 15 is 0 Å². The summed E-state index contributed by atoms with van der Waals surface area (Å²) < 4.78 is 23.4. The molecule has 2 unspecified atom stereocenters. The van der Waals surface area contributed by atoms with Crippen molar-refractivity contribution in [3.63, 3.8) is 0 Å². The first-order valence-electron chi connectivity index (χ1n) is 6.79. The van der Waals surface area contributed by atoms with Gasteiger partial charge in [-0.1, -0.05) is 12.5 Å². The molecular weight excluding hydrogens is 292 g/mol. The fourth-order valence-electron chi connectivity index (χ4n) is 2.70. The van der Waals surface area contributed by atoms with E-state index < -0.39 is 9.84 Å². The Kier molecular flexibility index (Phi) is 4.86. The van der Waals surface area contributed by atoms with Gasteiger partial charge in [0.05, 0.1) is 16.3 Å². The fourth-order valence-corrected chi connectivity index (χ4v) is 4.37. The van der Waals surface area contributed by atoms with Gasteiger partial charge in [0.2, 0.25) is 0 Å². The van der Waals surface area contributed by atoms with E-state index in [-0.39, 0.29) is 4.90 Å². The van der Waals surface area contributed by atoms with Crippen LogP contribution in [0.15, 0.2) is 23.1 Å². The van der Waals surface area contributed by atoms with Crippen molar-refractivity contribution in [3.8, 4) is 0 Å². The quantitative estimate of drug-likeness (QED) is 0.836. The summed E-state index contributed by atoms with van der Waals surface area (Å²) in [6.45, 7) is 0. The van der Waals surface area contributed by atoms with E-state index in [0.717, 1.165) is 18.5 Å². The molecule has 1 saturated carbocycles. The Labute approximate surface area is 125 Å². The predicted octanol–water partition coefficient (Wildman–Crippen LogP) is 2.76. The third kappa shape index (κ3) is 3.61. The Hall–Kier alpha value is -0.880. The number of nitrogen functional groups attached to an aromatic ring is 1. The maximum absolute atomic E-state index is 11.7. The Morgan fingerprint density at radius 1 is 1.35 bits per heavy atom. The van der Waals surface area contributed by atoms with Crippen molar-refractivity contribution >= 4 is 33.0 Å². The van der Waals surface area contributed by atoms with Crippen LogP contribution in [-0.2, 0) is 9.84 Å². The summed E-state index contributed by atoms with van der Waals surface area (Å²) in [5, 5.41) is 4.10. The zero-order valence-electron chi connectivity index (χ0n) is 11.9. The standard InChI is InChI=1S/C14H22N2O2S2/c1-19-11-6-3-5-10(9-11)16-12-7-4-8-13(14(12)15)20(2,17)18/h4,7-8,10-11,16H,3,5-6,9,15H2,1-2H3. The molecule has 112 valence electrons. The third-order valence-corrected chi connectivity index (χ3v) is 6.03. The molecule has 0 spiro atoms. The van der Waals surface area contributed by atoms with Crippen molar-refractivity contribution in [2.45, 2.75) is 41.9 Å². The summed E-state index contributed by atoms with van der Waals surface area (Å²) in [5.41, 5.74) is 7.08. The lowest BCUT2D eigenvalue weighted by Crippen LogP contribution is -2.29. The van der Waals surface area contributed by atoms with Gasteiger partial charge in [-0.15, -0.1) is 0 Å². The van der Waals surface area contributed by atoms with Crippen molar-refractivity contribution in [2.24, 2.45) is 0 Å². The maximum Gasteiger partial charge on any atom is 0.177 e. The molecule has 1 aliphatic rings. The highest BCUT2D eigenvalue weighted by Gasteiger charge is 2.22. The molecule has 0 bridgehead atoms. The van der Waals surface area contributed by atoms with Gasteiger partial charge >= 0.3 is 0 Å². The molecule has 0 saturated heterocycles. The van der Waals surface area contributed by atoms with Gasteiger partial charge in [-0.25, -0.2) is 8.42 Å². The molecule has 2 atom stereocenters.